The van der Waals surface area contributed by atoms with E-state index in [2.05, 4.69) is 43.5 Å². The predicted molar refractivity (Wildman–Crippen MR) is 124 cm³/mol. The zero-order valence-electron chi connectivity index (χ0n) is 17.8. The van der Waals surface area contributed by atoms with Crippen molar-refractivity contribution >= 4 is 17.3 Å². The summed E-state index contributed by atoms with van der Waals surface area (Å²) in [6, 6.07) is 10.5. The molecule has 2 N–H and O–H groups in total. The molecule has 4 rings (SSSR count). The summed E-state index contributed by atoms with van der Waals surface area (Å²) in [7, 11) is 3.84. The van der Waals surface area contributed by atoms with E-state index in [1.165, 1.54) is 0 Å². The molecule has 3 aromatic rings. The van der Waals surface area contributed by atoms with Gasteiger partial charge in [-0.2, -0.15) is 0 Å². The number of hydrogen-bond donors (Lipinski definition) is 2. The number of nitrogens with one attached hydrogen (secondary N) is 2. The van der Waals surface area contributed by atoms with Crippen LogP contribution < -0.4 is 15.4 Å². The van der Waals surface area contributed by atoms with Crippen LogP contribution in [0, 0.1) is 12.3 Å². The SMILES string of the molecule is C#Cc1cnc(Nc2cc(NC3CCN(C)CC3)c(-c3ccc(OC)cc3)cn2)cn1. The van der Waals surface area contributed by atoms with E-state index in [-0.39, 0.29) is 0 Å². The molecule has 0 aliphatic carbocycles. The molecule has 7 nitrogen and oxygen atoms in total. The first-order chi connectivity index (χ1) is 15.1. The summed E-state index contributed by atoms with van der Waals surface area (Å²) in [4.78, 5) is 15.4. The predicted octanol–water partition coefficient (Wildman–Crippen LogP) is 3.78. The van der Waals surface area contributed by atoms with E-state index in [1.54, 1.807) is 19.5 Å². The molecule has 1 aliphatic heterocycles. The van der Waals surface area contributed by atoms with Gasteiger partial charge >= 0.3 is 0 Å². The molecule has 0 amide bonds. The summed E-state index contributed by atoms with van der Waals surface area (Å²) in [6.45, 7) is 2.17. The number of piperidine rings is 1. The fourth-order valence-electron chi connectivity index (χ4n) is 3.61. The maximum absolute atomic E-state index is 5.36. The maximum atomic E-state index is 5.36. The molecule has 158 valence electrons. The fourth-order valence-corrected chi connectivity index (χ4v) is 3.61. The summed E-state index contributed by atoms with van der Waals surface area (Å²) in [5, 5.41) is 6.96. The Labute approximate surface area is 182 Å². The number of methoxy groups -OCH3 is 1. The van der Waals surface area contributed by atoms with Crippen LogP contribution in [-0.2, 0) is 0 Å². The van der Waals surface area contributed by atoms with E-state index in [0.717, 1.165) is 48.5 Å². The number of nitrogens with zero attached hydrogens (tertiary/aromatic N) is 4. The number of likely N-dealkylation sites (tertiary alicyclic amines) is 1. The zero-order valence-corrected chi connectivity index (χ0v) is 17.8. The minimum atomic E-state index is 0.415. The molecular formula is C24H26N6O. The van der Waals surface area contributed by atoms with Gasteiger partial charge in [0.25, 0.3) is 0 Å². The average molecular weight is 415 g/mol. The van der Waals surface area contributed by atoms with Crippen LogP contribution in [-0.4, -0.2) is 53.1 Å². The Morgan fingerprint density at radius 2 is 1.77 bits per heavy atom. The monoisotopic (exact) mass is 414 g/mol. The van der Waals surface area contributed by atoms with Gasteiger partial charge in [0.05, 0.1) is 19.5 Å². The largest absolute Gasteiger partial charge is 0.497 e. The van der Waals surface area contributed by atoms with Crippen molar-refractivity contribution in [3.05, 3.63) is 54.6 Å². The van der Waals surface area contributed by atoms with Gasteiger partial charge in [0.1, 0.15) is 23.1 Å². The number of anilines is 3. The van der Waals surface area contributed by atoms with Gasteiger partial charge in [0.15, 0.2) is 0 Å². The summed E-state index contributed by atoms with van der Waals surface area (Å²) in [6.07, 6.45) is 12.6. The van der Waals surface area contributed by atoms with Crippen LogP contribution in [0.4, 0.5) is 17.3 Å². The molecule has 0 unspecified atom stereocenters. The van der Waals surface area contributed by atoms with Gasteiger partial charge < -0.3 is 20.3 Å². The van der Waals surface area contributed by atoms with E-state index in [1.807, 2.05) is 36.5 Å². The molecule has 2 aromatic heterocycles. The quantitative estimate of drug-likeness (QED) is 0.595. The third kappa shape index (κ3) is 5.11. The molecular weight excluding hydrogens is 388 g/mol. The van der Waals surface area contributed by atoms with Crippen molar-refractivity contribution in [3.8, 4) is 29.2 Å². The lowest BCUT2D eigenvalue weighted by Crippen LogP contribution is -2.36. The van der Waals surface area contributed by atoms with Crippen LogP contribution in [0.25, 0.3) is 11.1 Å². The number of rotatable bonds is 6. The van der Waals surface area contributed by atoms with E-state index in [0.29, 0.717) is 23.4 Å². The summed E-state index contributed by atoms with van der Waals surface area (Å²) < 4.78 is 5.30. The van der Waals surface area contributed by atoms with Crippen molar-refractivity contribution in [1.29, 1.82) is 0 Å². The first-order valence-electron chi connectivity index (χ1n) is 10.3. The molecule has 1 aliphatic rings. The van der Waals surface area contributed by atoms with Gasteiger partial charge in [-0.05, 0) is 56.6 Å². The third-order valence-electron chi connectivity index (χ3n) is 5.44. The van der Waals surface area contributed by atoms with Gasteiger partial charge in [-0.15, -0.1) is 6.42 Å². The molecule has 0 bridgehead atoms. The van der Waals surface area contributed by atoms with Crippen molar-refractivity contribution in [3.63, 3.8) is 0 Å². The molecule has 7 heteroatoms. The highest BCUT2D eigenvalue weighted by Gasteiger charge is 2.18. The van der Waals surface area contributed by atoms with Gasteiger partial charge in [-0.25, -0.2) is 15.0 Å². The zero-order chi connectivity index (χ0) is 21.6. The lowest BCUT2D eigenvalue weighted by molar-refractivity contribution is 0.264. The number of aromatic nitrogens is 3. The maximum Gasteiger partial charge on any atom is 0.150 e. The van der Waals surface area contributed by atoms with Gasteiger partial charge in [0, 0.05) is 29.6 Å². The number of ether oxygens (including phenoxy) is 1. The van der Waals surface area contributed by atoms with E-state index in [9.17, 15) is 0 Å². The van der Waals surface area contributed by atoms with Crippen LogP contribution >= 0.6 is 0 Å². The highest BCUT2D eigenvalue weighted by atomic mass is 16.5. The van der Waals surface area contributed by atoms with Crippen molar-refractivity contribution < 1.29 is 4.74 Å². The third-order valence-corrected chi connectivity index (χ3v) is 5.44. The Balaban J connectivity index is 1.62. The molecule has 0 atom stereocenters. The highest BCUT2D eigenvalue weighted by molar-refractivity contribution is 5.80. The van der Waals surface area contributed by atoms with E-state index >= 15 is 0 Å². The first-order valence-corrected chi connectivity index (χ1v) is 10.3. The Morgan fingerprint density at radius 3 is 2.42 bits per heavy atom. The van der Waals surface area contributed by atoms with Crippen LogP contribution in [0.1, 0.15) is 18.5 Å². The van der Waals surface area contributed by atoms with Crippen LogP contribution in [0.15, 0.2) is 48.9 Å². The summed E-state index contributed by atoms with van der Waals surface area (Å²) in [5.41, 5.74) is 3.65. The molecule has 0 saturated carbocycles. The normalized spacial score (nSPS) is 14.6. The van der Waals surface area contributed by atoms with Crippen LogP contribution in [0.5, 0.6) is 5.75 Å². The second kappa shape index (κ2) is 9.45. The van der Waals surface area contributed by atoms with E-state index in [4.69, 9.17) is 11.2 Å². The van der Waals surface area contributed by atoms with Crippen LogP contribution in [0.3, 0.4) is 0 Å². The Hall–Kier alpha value is -3.63. The molecule has 31 heavy (non-hydrogen) atoms. The lowest BCUT2D eigenvalue weighted by Gasteiger charge is -2.30. The van der Waals surface area contributed by atoms with Crippen molar-refractivity contribution in [2.24, 2.45) is 0 Å². The minimum Gasteiger partial charge on any atom is -0.497 e. The fraction of sp³-hybridized carbons (Fsp3) is 0.292. The van der Waals surface area contributed by atoms with Gasteiger partial charge in [-0.3, -0.25) is 0 Å². The lowest BCUT2D eigenvalue weighted by atomic mass is 10.0. The Bertz CT molecular complexity index is 1050. The average Bonchev–Trinajstić information content (AvgIpc) is 2.81. The first kappa shape index (κ1) is 20.6. The number of pyridine rings is 1. The second-order valence-electron chi connectivity index (χ2n) is 7.62. The number of benzene rings is 1. The standard InChI is InChI=1S/C24H26N6O/c1-4-18-14-26-24(16-25-18)29-23-13-22(28-19-9-11-30(2)12-10-19)21(15-27-23)17-5-7-20(31-3)8-6-17/h1,5-8,13-16,19H,9-12H2,2-3H3,(H2,26,27,28,29). The summed E-state index contributed by atoms with van der Waals surface area (Å²) in [5.74, 6) is 4.58. The Morgan fingerprint density at radius 1 is 1.03 bits per heavy atom. The smallest absolute Gasteiger partial charge is 0.150 e. The molecule has 3 heterocycles. The van der Waals surface area contributed by atoms with Crippen molar-refractivity contribution in [1.82, 2.24) is 19.9 Å². The Kier molecular flexibility index (Phi) is 6.29. The molecule has 1 fully saturated rings. The van der Waals surface area contributed by atoms with Crippen LogP contribution in [0.2, 0.25) is 0 Å². The molecule has 0 spiro atoms. The highest BCUT2D eigenvalue weighted by Crippen LogP contribution is 2.32. The number of terminal acetylenes is 1. The van der Waals surface area contributed by atoms with Crippen molar-refractivity contribution in [2.45, 2.75) is 18.9 Å². The second-order valence-corrected chi connectivity index (χ2v) is 7.62. The molecule has 0 radical (unpaired) electrons. The minimum absolute atomic E-state index is 0.415. The molecule has 1 saturated heterocycles. The molecule has 1 aromatic carbocycles. The van der Waals surface area contributed by atoms with E-state index < -0.39 is 0 Å². The number of hydrogen-bond acceptors (Lipinski definition) is 7. The topological polar surface area (TPSA) is 75.2 Å². The van der Waals surface area contributed by atoms with Gasteiger partial charge in [0.2, 0.25) is 0 Å². The summed E-state index contributed by atoms with van der Waals surface area (Å²) >= 11 is 0. The van der Waals surface area contributed by atoms with Crippen molar-refractivity contribution in [2.75, 3.05) is 37.9 Å². The van der Waals surface area contributed by atoms with Gasteiger partial charge in [-0.1, -0.05) is 12.1 Å².